The zero-order chi connectivity index (χ0) is 20.9. The van der Waals surface area contributed by atoms with Gasteiger partial charge in [0.1, 0.15) is 4.90 Å². The van der Waals surface area contributed by atoms with Crippen molar-refractivity contribution >= 4 is 26.9 Å². The summed E-state index contributed by atoms with van der Waals surface area (Å²) in [4.78, 5) is 20.1. The fourth-order valence-corrected chi connectivity index (χ4v) is 3.49. The topological polar surface area (TPSA) is 112 Å². The minimum atomic E-state index is -3.94. The highest BCUT2D eigenvalue weighted by Gasteiger charge is 2.16. The molecule has 0 unspecified atom stereocenters. The van der Waals surface area contributed by atoms with Crippen molar-refractivity contribution in [2.24, 2.45) is 5.14 Å². The molecule has 0 saturated carbocycles. The quantitative estimate of drug-likeness (QED) is 0.673. The SMILES string of the molecule is CC.COC(=O)c1ccnc(Cc2cc(S(N)(=O)=O)c3ncc(C)cc3c2)c1. The Kier molecular flexibility index (Phi) is 6.82. The van der Waals surface area contributed by atoms with Crippen LogP contribution < -0.4 is 5.14 Å². The second kappa shape index (κ2) is 8.90. The van der Waals surface area contributed by atoms with E-state index in [0.717, 1.165) is 5.56 Å². The first kappa shape index (κ1) is 21.5. The van der Waals surface area contributed by atoms with Gasteiger partial charge in [0.25, 0.3) is 0 Å². The number of carbonyl (C=O) groups is 1. The summed E-state index contributed by atoms with van der Waals surface area (Å²) in [7, 11) is -2.63. The molecule has 2 heterocycles. The van der Waals surface area contributed by atoms with E-state index >= 15 is 0 Å². The van der Waals surface area contributed by atoms with Crippen LogP contribution in [0.5, 0.6) is 0 Å². The number of carbonyl (C=O) groups excluding carboxylic acids is 1. The van der Waals surface area contributed by atoms with Gasteiger partial charge in [-0.1, -0.05) is 13.8 Å². The number of sulfonamides is 1. The Balaban J connectivity index is 0.00000136. The molecule has 8 heteroatoms. The van der Waals surface area contributed by atoms with Crippen molar-refractivity contribution in [3.05, 3.63) is 65.1 Å². The van der Waals surface area contributed by atoms with Crippen LogP contribution in [0.1, 0.15) is 41.0 Å². The van der Waals surface area contributed by atoms with E-state index in [2.05, 4.69) is 9.97 Å². The number of aromatic nitrogens is 2. The molecule has 148 valence electrons. The zero-order valence-electron chi connectivity index (χ0n) is 16.3. The van der Waals surface area contributed by atoms with Gasteiger partial charge in [0.2, 0.25) is 10.0 Å². The Morgan fingerprint density at radius 1 is 1.14 bits per heavy atom. The molecular weight excluding hydrogens is 378 g/mol. The van der Waals surface area contributed by atoms with Crippen molar-refractivity contribution in [2.45, 2.75) is 32.1 Å². The highest BCUT2D eigenvalue weighted by atomic mass is 32.2. The van der Waals surface area contributed by atoms with Gasteiger partial charge in [-0.15, -0.1) is 0 Å². The number of benzene rings is 1. The molecule has 0 spiro atoms. The number of pyridine rings is 2. The van der Waals surface area contributed by atoms with Crippen LogP contribution in [0.4, 0.5) is 0 Å². The van der Waals surface area contributed by atoms with Crippen LogP contribution in [0.2, 0.25) is 0 Å². The van der Waals surface area contributed by atoms with Crippen LogP contribution in [0.15, 0.2) is 47.6 Å². The number of hydrogen-bond donors (Lipinski definition) is 1. The Morgan fingerprint density at radius 2 is 1.86 bits per heavy atom. The summed E-state index contributed by atoms with van der Waals surface area (Å²) in [5, 5.41) is 6.04. The summed E-state index contributed by atoms with van der Waals surface area (Å²) in [6.45, 7) is 5.87. The summed E-state index contributed by atoms with van der Waals surface area (Å²) in [6.07, 6.45) is 3.43. The van der Waals surface area contributed by atoms with Crippen molar-refractivity contribution in [3.8, 4) is 0 Å². The maximum absolute atomic E-state index is 12.0. The first-order chi connectivity index (χ1) is 13.3. The average molecular weight is 401 g/mol. The van der Waals surface area contributed by atoms with E-state index in [1.165, 1.54) is 19.4 Å². The lowest BCUT2D eigenvalue weighted by Gasteiger charge is -2.09. The van der Waals surface area contributed by atoms with Crippen LogP contribution in [0.3, 0.4) is 0 Å². The maximum Gasteiger partial charge on any atom is 0.337 e. The number of nitrogens with zero attached hydrogens (tertiary/aromatic N) is 2. The first-order valence-electron chi connectivity index (χ1n) is 8.73. The van der Waals surface area contributed by atoms with E-state index in [0.29, 0.717) is 34.1 Å². The molecule has 0 bridgehead atoms. The summed E-state index contributed by atoms with van der Waals surface area (Å²) >= 11 is 0. The molecule has 2 N–H and O–H groups in total. The zero-order valence-corrected chi connectivity index (χ0v) is 17.1. The molecule has 28 heavy (non-hydrogen) atoms. The Labute approximate surface area is 164 Å². The van der Waals surface area contributed by atoms with Crippen LogP contribution in [-0.2, 0) is 21.2 Å². The fraction of sp³-hybridized carbons (Fsp3) is 0.250. The van der Waals surface area contributed by atoms with E-state index in [1.54, 1.807) is 18.3 Å². The molecule has 0 saturated heterocycles. The van der Waals surface area contributed by atoms with Crippen LogP contribution in [0, 0.1) is 6.92 Å². The Bertz CT molecular complexity index is 1110. The van der Waals surface area contributed by atoms with Gasteiger partial charge in [0.05, 0.1) is 18.2 Å². The third-order valence-corrected chi connectivity index (χ3v) is 4.80. The highest BCUT2D eigenvalue weighted by molar-refractivity contribution is 7.89. The lowest BCUT2D eigenvalue weighted by molar-refractivity contribution is 0.0600. The summed E-state index contributed by atoms with van der Waals surface area (Å²) in [5.41, 5.74) is 2.91. The molecule has 2 aromatic heterocycles. The van der Waals surface area contributed by atoms with E-state index in [-0.39, 0.29) is 4.90 Å². The van der Waals surface area contributed by atoms with Crippen LogP contribution >= 0.6 is 0 Å². The van der Waals surface area contributed by atoms with Gasteiger partial charge in [-0.05, 0) is 48.4 Å². The van der Waals surface area contributed by atoms with Crippen LogP contribution in [-0.4, -0.2) is 31.5 Å². The minimum absolute atomic E-state index is 0.0332. The molecule has 0 radical (unpaired) electrons. The summed E-state index contributed by atoms with van der Waals surface area (Å²) < 4.78 is 28.7. The molecular formula is C20H23N3O4S. The lowest BCUT2D eigenvalue weighted by atomic mass is 10.0. The van der Waals surface area contributed by atoms with E-state index in [1.807, 2.05) is 32.9 Å². The summed E-state index contributed by atoms with van der Waals surface area (Å²) in [6, 6.07) is 8.35. The van der Waals surface area contributed by atoms with Crippen molar-refractivity contribution in [2.75, 3.05) is 7.11 Å². The fourth-order valence-electron chi connectivity index (χ4n) is 2.73. The number of ether oxygens (including phenoxy) is 1. The third kappa shape index (κ3) is 4.90. The monoisotopic (exact) mass is 401 g/mol. The Hall–Kier alpha value is -2.84. The van der Waals surface area contributed by atoms with Gasteiger partial charge in [-0.2, -0.15) is 0 Å². The van der Waals surface area contributed by atoms with Gasteiger partial charge in [-0.25, -0.2) is 18.4 Å². The number of methoxy groups -OCH3 is 1. The lowest BCUT2D eigenvalue weighted by Crippen LogP contribution is -2.14. The van der Waals surface area contributed by atoms with Crippen molar-refractivity contribution in [3.63, 3.8) is 0 Å². The number of aryl methyl sites for hydroxylation is 1. The second-order valence-electron chi connectivity index (χ2n) is 5.93. The molecule has 0 aliphatic carbocycles. The molecule has 0 aliphatic rings. The maximum atomic E-state index is 12.0. The van der Waals surface area contributed by atoms with Crippen molar-refractivity contribution in [1.82, 2.24) is 9.97 Å². The largest absolute Gasteiger partial charge is 0.465 e. The molecule has 3 aromatic rings. The number of esters is 1. The first-order valence-corrected chi connectivity index (χ1v) is 10.3. The predicted molar refractivity (Wildman–Crippen MR) is 108 cm³/mol. The molecule has 0 atom stereocenters. The van der Waals surface area contributed by atoms with Gasteiger partial charge < -0.3 is 4.74 Å². The standard InChI is InChI=1S/C18H17N3O4S.C2H6/c1-11-5-14-6-12(8-16(26(19,23)24)17(14)21-10-11)7-15-9-13(3-4-20-15)18(22)25-2;1-2/h3-6,8-10H,7H2,1-2H3,(H2,19,23,24);1-2H3. The van der Waals surface area contributed by atoms with Crippen molar-refractivity contribution < 1.29 is 17.9 Å². The smallest absolute Gasteiger partial charge is 0.337 e. The predicted octanol–water partition coefficient (Wildman–Crippen LogP) is 2.99. The van der Waals surface area contributed by atoms with Gasteiger partial charge in [-0.3, -0.25) is 9.97 Å². The number of hydrogen-bond acceptors (Lipinski definition) is 6. The Morgan fingerprint density at radius 3 is 2.50 bits per heavy atom. The molecule has 0 aliphatic heterocycles. The molecule has 7 nitrogen and oxygen atoms in total. The van der Waals surface area contributed by atoms with Crippen LogP contribution in [0.25, 0.3) is 10.9 Å². The number of rotatable bonds is 4. The van der Waals surface area contributed by atoms with E-state index in [9.17, 15) is 13.2 Å². The molecule has 3 rings (SSSR count). The van der Waals surface area contributed by atoms with Gasteiger partial charge in [0, 0.05) is 29.9 Å². The number of nitrogens with two attached hydrogens (primary N) is 1. The normalized spacial score (nSPS) is 10.9. The third-order valence-electron chi connectivity index (χ3n) is 3.87. The van der Waals surface area contributed by atoms with Crippen molar-refractivity contribution in [1.29, 1.82) is 0 Å². The van der Waals surface area contributed by atoms with Gasteiger partial charge >= 0.3 is 5.97 Å². The van der Waals surface area contributed by atoms with E-state index in [4.69, 9.17) is 9.88 Å². The summed E-state index contributed by atoms with van der Waals surface area (Å²) in [5.74, 6) is -0.461. The molecule has 1 aromatic carbocycles. The molecule has 0 fully saturated rings. The number of primary sulfonamides is 1. The number of fused-ring (bicyclic) bond motifs is 1. The second-order valence-corrected chi connectivity index (χ2v) is 7.46. The highest BCUT2D eigenvalue weighted by Crippen LogP contribution is 2.24. The minimum Gasteiger partial charge on any atom is -0.465 e. The average Bonchev–Trinajstić information content (AvgIpc) is 2.67. The molecule has 0 amide bonds. The van der Waals surface area contributed by atoms with E-state index < -0.39 is 16.0 Å². The van der Waals surface area contributed by atoms with Gasteiger partial charge in [0.15, 0.2) is 0 Å².